The molecule has 16 heteroatoms. The van der Waals surface area contributed by atoms with Crippen molar-refractivity contribution in [3.8, 4) is 68.8 Å². The fourth-order valence-electron chi connectivity index (χ4n) is 7.76. The van der Waals surface area contributed by atoms with Crippen molar-refractivity contribution < 1.29 is 52.7 Å². The number of rotatable bonds is 4. The van der Waals surface area contributed by atoms with Crippen LogP contribution < -0.4 is 0 Å². The third-order valence-electron chi connectivity index (χ3n) is 10.3. The predicted molar refractivity (Wildman–Crippen MR) is 181 cm³/mol. The zero-order valence-electron chi connectivity index (χ0n) is 28.7. The van der Waals surface area contributed by atoms with Crippen LogP contribution >= 0.6 is 0 Å². The van der Waals surface area contributed by atoms with Gasteiger partial charge >= 0.3 is 24.7 Å². The largest absolute Gasteiger partial charge is 0.416 e. The Labute approximate surface area is 320 Å². The van der Waals surface area contributed by atoms with Crippen molar-refractivity contribution in [3.05, 3.63) is 129 Å². The first-order valence-electron chi connectivity index (χ1n) is 16.7. The lowest BCUT2D eigenvalue weighted by Gasteiger charge is -2.18. The summed E-state index contributed by atoms with van der Waals surface area (Å²) in [7, 11) is 0. The van der Waals surface area contributed by atoms with Crippen molar-refractivity contribution in [1.29, 1.82) is 21.0 Å². The maximum atomic E-state index is 13.7. The third kappa shape index (κ3) is 6.65. The molecule has 0 saturated carbocycles. The van der Waals surface area contributed by atoms with Crippen LogP contribution in [0, 0.1) is 57.2 Å². The van der Waals surface area contributed by atoms with Gasteiger partial charge < -0.3 is 0 Å². The smallest absolute Gasteiger partial charge is 0.197 e. The molecule has 0 radical (unpaired) electrons. The van der Waals surface area contributed by atoms with Crippen molar-refractivity contribution >= 4 is 0 Å². The molecule has 0 aliphatic heterocycles. The predicted octanol–water partition coefficient (Wildman–Crippen LogP) is 12.6. The Morgan fingerprint density at radius 2 is 0.621 bits per heavy atom. The Morgan fingerprint density at radius 1 is 0.345 bits per heavy atom. The zero-order valence-corrected chi connectivity index (χ0v) is 28.7. The second-order valence-electron chi connectivity index (χ2n) is 13.6. The Balaban J connectivity index is 1.42. The van der Waals surface area contributed by atoms with Gasteiger partial charge in [0.2, 0.25) is 0 Å². The summed E-state index contributed by atoms with van der Waals surface area (Å²) in [4.78, 5) is 0. The number of benzene rings is 5. The summed E-state index contributed by atoms with van der Waals surface area (Å²) in [6, 6.07) is 20.6. The molecule has 0 amide bonds. The minimum absolute atomic E-state index is 0.0230. The molecule has 0 spiro atoms. The molecule has 2 aliphatic rings. The second-order valence-corrected chi connectivity index (χ2v) is 13.6. The molecular formula is C42H18F12N4. The second kappa shape index (κ2) is 13.4. The summed E-state index contributed by atoms with van der Waals surface area (Å²) < 4.78 is 165. The number of nitriles is 4. The molecule has 2 atom stereocenters. The molecule has 0 aromatic heterocycles. The average Bonchev–Trinajstić information content (AvgIpc) is 3.64. The van der Waals surface area contributed by atoms with E-state index in [1.807, 2.05) is 24.3 Å². The van der Waals surface area contributed by atoms with Crippen LogP contribution in [0.3, 0.4) is 0 Å². The van der Waals surface area contributed by atoms with Gasteiger partial charge in [-0.1, -0.05) is 24.3 Å². The van der Waals surface area contributed by atoms with Crippen molar-refractivity contribution in [2.24, 2.45) is 11.8 Å². The molecular weight excluding hydrogens is 788 g/mol. The van der Waals surface area contributed by atoms with Crippen molar-refractivity contribution in [3.63, 3.8) is 0 Å². The number of alkyl halides is 12. The monoisotopic (exact) mass is 806 g/mol. The lowest BCUT2D eigenvalue weighted by atomic mass is 9.82. The highest BCUT2D eigenvalue weighted by Crippen LogP contribution is 2.57. The van der Waals surface area contributed by atoms with Gasteiger partial charge in [-0.3, -0.25) is 0 Å². The minimum Gasteiger partial charge on any atom is -0.197 e. The summed E-state index contributed by atoms with van der Waals surface area (Å²) in [5.74, 6) is -5.13. The summed E-state index contributed by atoms with van der Waals surface area (Å²) >= 11 is 0. The Hall–Kier alpha value is -6.78. The van der Waals surface area contributed by atoms with Gasteiger partial charge in [-0.05, 0) is 127 Å². The lowest BCUT2D eigenvalue weighted by molar-refractivity contribution is -0.144. The molecule has 0 fully saturated rings. The molecule has 290 valence electrons. The quantitative estimate of drug-likeness (QED) is 0.169. The molecule has 0 N–H and O–H groups in total. The normalized spacial score (nSPS) is 15.8. The third-order valence-corrected chi connectivity index (χ3v) is 10.3. The van der Waals surface area contributed by atoms with E-state index in [0.29, 0.717) is 57.6 Å². The average molecular weight is 807 g/mol. The number of nitrogens with zero attached hydrogens (tertiary/aromatic N) is 4. The van der Waals surface area contributed by atoms with Crippen LogP contribution in [0.5, 0.6) is 0 Å². The Bertz CT molecular complexity index is 2430. The van der Waals surface area contributed by atoms with Crippen LogP contribution in [0.15, 0.2) is 84.9 Å². The molecule has 2 unspecified atom stereocenters. The van der Waals surface area contributed by atoms with E-state index >= 15 is 0 Å². The Kier molecular flexibility index (Phi) is 9.13. The van der Waals surface area contributed by atoms with Gasteiger partial charge in [0.05, 0.1) is 46.5 Å². The van der Waals surface area contributed by atoms with Crippen LogP contribution in [-0.2, 0) is 24.7 Å². The van der Waals surface area contributed by atoms with E-state index in [0.717, 1.165) is 0 Å². The van der Waals surface area contributed by atoms with Gasteiger partial charge in [0.15, 0.2) is 0 Å². The number of hydrogen-bond donors (Lipinski definition) is 0. The zero-order chi connectivity index (χ0) is 42.3. The molecule has 0 saturated heterocycles. The molecule has 7 rings (SSSR count). The van der Waals surface area contributed by atoms with Crippen LogP contribution in [0.2, 0.25) is 0 Å². The van der Waals surface area contributed by atoms with E-state index in [1.54, 1.807) is 12.1 Å². The maximum absolute atomic E-state index is 13.7. The highest BCUT2D eigenvalue weighted by Gasteiger charge is 2.43. The number of halogens is 12. The van der Waals surface area contributed by atoms with Gasteiger partial charge in [-0.2, -0.15) is 73.7 Å². The highest BCUT2D eigenvalue weighted by molar-refractivity contribution is 5.90. The number of fused-ring (bicyclic) bond motifs is 6. The molecule has 58 heavy (non-hydrogen) atoms. The molecule has 0 heterocycles. The molecule has 4 nitrogen and oxygen atoms in total. The van der Waals surface area contributed by atoms with Crippen LogP contribution in [0.1, 0.15) is 56.3 Å². The van der Waals surface area contributed by atoms with E-state index in [4.69, 9.17) is 0 Å². The van der Waals surface area contributed by atoms with Crippen molar-refractivity contribution in [2.45, 2.75) is 36.5 Å². The van der Waals surface area contributed by atoms with Crippen molar-refractivity contribution in [2.75, 3.05) is 0 Å². The van der Waals surface area contributed by atoms with Crippen LogP contribution in [-0.4, -0.2) is 0 Å². The van der Waals surface area contributed by atoms with Gasteiger partial charge in [-0.25, -0.2) is 0 Å². The van der Waals surface area contributed by atoms with E-state index in [-0.39, 0.29) is 34.4 Å². The molecule has 5 aromatic rings. The van der Waals surface area contributed by atoms with Gasteiger partial charge in [-0.15, -0.1) is 0 Å². The Morgan fingerprint density at radius 3 is 0.879 bits per heavy atom. The summed E-state index contributed by atoms with van der Waals surface area (Å²) in [5, 5.41) is 40.2. The fraction of sp³-hybridized carbons (Fsp3) is 0.190. The number of hydrogen-bond acceptors (Lipinski definition) is 4. The first kappa shape index (κ1) is 39.5. The summed E-state index contributed by atoms with van der Waals surface area (Å²) in [6.07, 6.45) is -20.6. The van der Waals surface area contributed by atoms with Crippen LogP contribution in [0.4, 0.5) is 52.7 Å². The highest BCUT2D eigenvalue weighted by atomic mass is 19.4. The lowest BCUT2D eigenvalue weighted by Crippen LogP contribution is -2.11. The molecule has 2 aliphatic carbocycles. The first-order chi connectivity index (χ1) is 27.1. The maximum Gasteiger partial charge on any atom is 0.416 e. The summed E-state index contributed by atoms with van der Waals surface area (Å²) in [6.45, 7) is 0. The van der Waals surface area contributed by atoms with Crippen molar-refractivity contribution in [1.82, 2.24) is 0 Å². The van der Waals surface area contributed by atoms with Gasteiger partial charge in [0.25, 0.3) is 0 Å². The standard InChI is InChI=1S/C42H18F12N4/c43-39(44,45)25-5-21(6-26(11-25)40(46,47)48)19-1-3-29-31-13-36-32(14-35(31)37(33(29)9-19)23(15-55)16-56)30-4-2-20(10-34(30)38(36)24(17-57)18-58)22-7-27(41(49,50)51)12-28(8-22)42(52,53)54/h1-14,23-24,37-38H. The SMILES string of the molecule is N#CC(C#N)C1c2cc(-c3cc(C(F)(F)F)cc(C(F)(F)F)c3)ccc2-c2cc3c(cc21)-c1ccc(-c2cc(C(F)(F)F)cc(C(F)(F)F)c2)cc1C3C(C#N)C#N. The fourth-order valence-corrected chi connectivity index (χ4v) is 7.76. The molecule has 5 aromatic carbocycles. The topological polar surface area (TPSA) is 95.2 Å². The first-order valence-corrected chi connectivity index (χ1v) is 16.7. The molecule has 0 bridgehead atoms. The van der Waals surface area contributed by atoms with Gasteiger partial charge in [0, 0.05) is 11.8 Å². The van der Waals surface area contributed by atoms with Crippen LogP contribution in [0.25, 0.3) is 44.5 Å². The van der Waals surface area contributed by atoms with E-state index < -0.39 is 81.8 Å². The van der Waals surface area contributed by atoms with E-state index in [1.165, 1.54) is 36.4 Å². The van der Waals surface area contributed by atoms with Gasteiger partial charge in [0.1, 0.15) is 11.8 Å². The summed E-state index contributed by atoms with van der Waals surface area (Å²) in [5.41, 5.74) is -4.91. The van der Waals surface area contributed by atoms with E-state index in [9.17, 15) is 73.7 Å². The minimum atomic E-state index is -5.14. The van der Waals surface area contributed by atoms with E-state index in [2.05, 4.69) is 0 Å².